The van der Waals surface area contributed by atoms with E-state index in [-0.39, 0.29) is 19.5 Å². The average molecular weight is 987 g/mol. The summed E-state index contributed by atoms with van der Waals surface area (Å²) >= 11 is 8.80. The summed E-state index contributed by atoms with van der Waals surface area (Å²) in [6.07, 6.45) is 0. The van der Waals surface area contributed by atoms with E-state index in [0.29, 0.717) is 0 Å². The molecule has 0 aliphatic rings. The van der Waals surface area contributed by atoms with Gasteiger partial charge in [0.25, 0.3) is 0 Å². The van der Waals surface area contributed by atoms with Crippen LogP contribution in [0.5, 0.6) is 0 Å². The zero-order chi connectivity index (χ0) is 42.3. The minimum absolute atomic E-state index is 0. The summed E-state index contributed by atoms with van der Waals surface area (Å²) in [5, 5.41) is 12.6. The van der Waals surface area contributed by atoms with Crippen LogP contribution in [0.1, 0.15) is 0 Å². The second-order valence-corrected chi connectivity index (χ2v) is 20.8. The van der Waals surface area contributed by atoms with Gasteiger partial charge in [0.15, 0.2) is 0 Å². The summed E-state index contributed by atoms with van der Waals surface area (Å²) < 4.78 is -0.889. The van der Waals surface area contributed by atoms with Crippen molar-refractivity contribution in [3.05, 3.63) is 273 Å². The molecule has 0 amide bonds. The molecule has 0 radical (unpaired) electrons. The molecule has 9 rings (SSSR count). The molecule has 0 aliphatic carbocycles. The Morgan fingerprint density at radius 2 is 0.306 bits per heavy atom. The van der Waals surface area contributed by atoms with Crippen LogP contribution in [0, 0.1) is 0 Å². The molecule has 0 N–H and O–H groups in total. The van der Waals surface area contributed by atoms with Crippen LogP contribution in [-0.4, -0.2) is 4.70 Å². The summed E-state index contributed by atoms with van der Waals surface area (Å²) in [7, 11) is -1.34. The Hall–Kier alpha value is -4.86. The maximum Gasteiger partial charge on any atom is 0.313 e. The molecule has 0 saturated carbocycles. The van der Waals surface area contributed by atoms with Gasteiger partial charge in [-0.2, -0.15) is 0 Å². The van der Waals surface area contributed by atoms with Crippen LogP contribution in [0.2, 0.25) is 0 Å². The molecule has 0 unspecified atom stereocenters. The largest absolute Gasteiger partial charge is 0.313 e. The van der Waals surface area contributed by atoms with Crippen molar-refractivity contribution < 1.29 is 24.3 Å². The summed E-state index contributed by atoms with van der Waals surface area (Å²) in [6, 6.07) is 97.0. The molecule has 0 atom stereocenters. The number of rotatable bonds is 9. The molecule has 9 aromatic carbocycles. The SMILES string of the molecule is O=C(Cl)Cl.[Ru].c1ccc(P(c2ccccc2)c2ccccc2)cc1.c1ccc(P(c2ccccc2)c2ccccc2)cc1.c1ccc(P(c2ccccc2)c2ccccc2)cc1. The first-order chi connectivity index (χ1) is 30.1. The zero-order valence-corrected chi connectivity index (χ0v) is 39.8. The predicted octanol–water partition coefficient (Wildman–Crippen LogP) is 11.9. The fourth-order valence-corrected chi connectivity index (χ4v) is 13.5. The van der Waals surface area contributed by atoms with Crippen molar-refractivity contribution in [2.75, 3.05) is 0 Å². The van der Waals surface area contributed by atoms with Gasteiger partial charge in [-0.1, -0.05) is 273 Å². The molecule has 0 saturated heterocycles. The van der Waals surface area contributed by atoms with Crippen molar-refractivity contribution in [2.24, 2.45) is 0 Å². The van der Waals surface area contributed by atoms with Crippen LogP contribution in [0.3, 0.4) is 0 Å². The molecule has 9 aromatic rings. The Morgan fingerprint density at radius 3 is 0.387 bits per heavy atom. The fourth-order valence-electron chi connectivity index (χ4n) is 6.54. The number of halogens is 2. The van der Waals surface area contributed by atoms with Crippen molar-refractivity contribution in [1.82, 2.24) is 0 Å². The number of carbonyl (C=O) groups is 1. The predicted molar refractivity (Wildman–Crippen MR) is 273 cm³/mol. The van der Waals surface area contributed by atoms with Crippen LogP contribution in [0.4, 0.5) is 4.79 Å². The van der Waals surface area contributed by atoms with E-state index in [1.165, 1.54) is 47.7 Å². The first-order valence-electron chi connectivity index (χ1n) is 19.8. The molecular weight excluding hydrogens is 942 g/mol. The van der Waals surface area contributed by atoms with Crippen LogP contribution in [0.15, 0.2) is 273 Å². The molecule has 0 spiro atoms. The smallest absolute Gasteiger partial charge is 0.262 e. The quantitative estimate of drug-likeness (QED) is 0.0800. The van der Waals surface area contributed by atoms with E-state index >= 15 is 0 Å². The monoisotopic (exact) mass is 986 g/mol. The molecule has 62 heavy (non-hydrogen) atoms. The maximum absolute atomic E-state index is 8.98. The van der Waals surface area contributed by atoms with E-state index < -0.39 is 28.5 Å². The maximum atomic E-state index is 8.98. The van der Waals surface area contributed by atoms with E-state index in [4.69, 9.17) is 4.79 Å². The molecule has 0 aliphatic heterocycles. The van der Waals surface area contributed by atoms with Crippen LogP contribution < -0.4 is 47.7 Å². The summed E-state index contributed by atoms with van der Waals surface area (Å²) in [4.78, 5) is 8.98. The summed E-state index contributed by atoms with van der Waals surface area (Å²) in [5.74, 6) is 0. The standard InChI is InChI=1S/3C18H15P.CCl2O.Ru/c3*1-4-10-16(11-5-1)19(17-12-6-2-7-13-17)18-14-8-3-9-15-18;2-1(3)4;/h3*1-15H;;. The number of carbonyl (C=O) groups excluding carboxylic acids is 1. The normalized spacial score (nSPS) is 10.1. The van der Waals surface area contributed by atoms with Gasteiger partial charge in [0.05, 0.1) is 0 Å². The third kappa shape index (κ3) is 15.2. The van der Waals surface area contributed by atoms with Gasteiger partial charge in [0.1, 0.15) is 0 Å². The van der Waals surface area contributed by atoms with Gasteiger partial charge in [0.2, 0.25) is 0 Å². The van der Waals surface area contributed by atoms with E-state index in [9.17, 15) is 0 Å². The molecule has 0 heterocycles. The second kappa shape index (κ2) is 27.3. The van der Waals surface area contributed by atoms with E-state index in [1.807, 2.05) is 0 Å². The van der Waals surface area contributed by atoms with Crippen LogP contribution in [0.25, 0.3) is 0 Å². The minimum atomic E-state index is -0.889. The number of hydrogen-bond acceptors (Lipinski definition) is 1. The first-order valence-corrected chi connectivity index (χ1v) is 24.6. The van der Waals surface area contributed by atoms with E-state index in [0.717, 1.165) is 0 Å². The molecular formula is C55H45Cl2OP3Ru. The van der Waals surface area contributed by atoms with Crippen molar-refractivity contribution in [1.29, 1.82) is 0 Å². The van der Waals surface area contributed by atoms with Gasteiger partial charge in [-0.3, -0.25) is 4.79 Å². The Bertz CT molecular complexity index is 1980. The summed E-state index contributed by atoms with van der Waals surface area (Å²) in [5.41, 5.74) is 0. The number of benzene rings is 9. The van der Waals surface area contributed by atoms with E-state index in [1.54, 1.807) is 0 Å². The Balaban J connectivity index is 0.000000167. The van der Waals surface area contributed by atoms with Crippen molar-refractivity contribution >= 4 is 99.4 Å². The Kier molecular flexibility index (Phi) is 21.2. The van der Waals surface area contributed by atoms with Crippen molar-refractivity contribution in [3.8, 4) is 0 Å². The van der Waals surface area contributed by atoms with Gasteiger partial charge in [-0.15, -0.1) is 0 Å². The first kappa shape index (κ1) is 48.2. The number of hydrogen-bond donors (Lipinski definition) is 0. The van der Waals surface area contributed by atoms with Crippen molar-refractivity contribution in [3.63, 3.8) is 0 Å². The summed E-state index contributed by atoms with van der Waals surface area (Å²) in [6.45, 7) is 0. The molecule has 7 heteroatoms. The topological polar surface area (TPSA) is 17.1 Å². The molecule has 0 aromatic heterocycles. The molecule has 0 bridgehead atoms. The average Bonchev–Trinajstić information content (AvgIpc) is 3.33. The van der Waals surface area contributed by atoms with Gasteiger partial charge in [-0.05, 0) is 94.7 Å². The van der Waals surface area contributed by atoms with Crippen LogP contribution >= 0.6 is 47.0 Å². The zero-order valence-electron chi connectivity index (χ0n) is 33.8. The fraction of sp³-hybridized carbons (Fsp3) is 0. The van der Waals surface area contributed by atoms with E-state index in [2.05, 4.69) is 296 Å². The minimum Gasteiger partial charge on any atom is -0.262 e. The Labute approximate surface area is 393 Å². The third-order valence-corrected chi connectivity index (χ3v) is 16.5. The molecule has 308 valence electrons. The molecule has 1 nitrogen and oxygen atoms in total. The molecule has 0 fully saturated rings. The van der Waals surface area contributed by atoms with Gasteiger partial charge >= 0.3 is 4.70 Å². The van der Waals surface area contributed by atoms with Crippen LogP contribution in [-0.2, 0) is 19.5 Å². The second-order valence-electron chi connectivity index (χ2n) is 13.3. The van der Waals surface area contributed by atoms with Crippen molar-refractivity contribution in [2.45, 2.75) is 0 Å². The van der Waals surface area contributed by atoms with Gasteiger partial charge in [-0.25, -0.2) is 0 Å². The van der Waals surface area contributed by atoms with Gasteiger partial charge < -0.3 is 0 Å². The third-order valence-electron chi connectivity index (χ3n) is 9.13. The van der Waals surface area contributed by atoms with Gasteiger partial charge in [0, 0.05) is 19.5 Å². The Morgan fingerprint density at radius 1 is 0.226 bits per heavy atom.